The van der Waals surface area contributed by atoms with Crippen molar-refractivity contribution in [2.45, 2.75) is 36.0 Å². The summed E-state index contributed by atoms with van der Waals surface area (Å²) in [5, 5.41) is 0. The van der Waals surface area contributed by atoms with E-state index in [1.807, 2.05) is 23.9 Å². The largest absolute Gasteiger partial charge is 0.399 e. The van der Waals surface area contributed by atoms with E-state index in [0.29, 0.717) is 0 Å². The molecule has 1 nitrogen and oxygen atoms in total. The van der Waals surface area contributed by atoms with Gasteiger partial charge in [-0.15, -0.1) is 0 Å². The first kappa shape index (κ1) is 11.7. The van der Waals surface area contributed by atoms with Crippen LogP contribution < -0.4 is 5.73 Å². The zero-order valence-electron chi connectivity index (χ0n) is 10.6. The molecule has 0 heterocycles. The van der Waals surface area contributed by atoms with Crippen LogP contribution >= 0.6 is 11.8 Å². The van der Waals surface area contributed by atoms with Crippen molar-refractivity contribution in [1.29, 1.82) is 0 Å². The third-order valence-electron chi connectivity index (χ3n) is 3.50. The maximum atomic E-state index is 5.79. The number of nitrogens with two attached hydrogens (primary N) is 1. The Morgan fingerprint density at radius 3 is 2.67 bits per heavy atom. The van der Waals surface area contributed by atoms with E-state index in [4.69, 9.17) is 5.73 Å². The van der Waals surface area contributed by atoms with E-state index >= 15 is 0 Å². The van der Waals surface area contributed by atoms with E-state index in [1.54, 1.807) is 0 Å². The fraction of sp³-hybridized carbons (Fsp3) is 0.250. The molecule has 2 aromatic rings. The van der Waals surface area contributed by atoms with E-state index in [2.05, 4.69) is 31.2 Å². The summed E-state index contributed by atoms with van der Waals surface area (Å²) in [5.41, 5.74) is 10.9. The second-order valence-corrected chi connectivity index (χ2v) is 6.03. The summed E-state index contributed by atoms with van der Waals surface area (Å²) >= 11 is 1.83. The molecule has 2 heteroatoms. The van der Waals surface area contributed by atoms with E-state index in [0.717, 1.165) is 5.69 Å². The van der Waals surface area contributed by atoms with Crippen molar-refractivity contribution in [2.24, 2.45) is 0 Å². The van der Waals surface area contributed by atoms with Gasteiger partial charge in [0.25, 0.3) is 0 Å². The quantitative estimate of drug-likeness (QED) is 0.813. The fourth-order valence-corrected chi connectivity index (χ4v) is 3.47. The van der Waals surface area contributed by atoms with Gasteiger partial charge >= 0.3 is 0 Å². The zero-order valence-corrected chi connectivity index (χ0v) is 11.4. The Hall–Kier alpha value is -1.41. The lowest BCUT2D eigenvalue weighted by Crippen LogP contribution is -1.88. The molecule has 0 aromatic heterocycles. The topological polar surface area (TPSA) is 26.0 Å². The van der Waals surface area contributed by atoms with Crippen LogP contribution in [0.2, 0.25) is 0 Å². The minimum Gasteiger partial charge on any atom is -0.399 e. The van der Waals surface area contributed by atoms with Crippen LogP contribution in [0.1, 0.15) is 23.1 Å². The number of rotatable bonds is 2. The monoisotopic (exact) mass is 255 g/mol. The Kier molecular flexibility index (Phi) is 3.04. The maximum Gasteiger partial charge on any atom is 0.0317 e. The smallest absolute Gasteiger partial charge is 0.0317 e. The van der Waals surface area contributed by atoms with E-state index < -0.39 is 0 Å². The number of aryl methyl sites for hydroxylation is 3. The lowest BCUT2D eigenvalue weighted by Gasteiger charge is -2.08. The predicted molar refractivity (Wildman–Crippen MR) is 78.2 cm³/mol. The molecule has 0 fully saturated rings. The van der Waals surface area contributed by atoms with Gasteiger partial charge in [0.15, 0.2) is 0 Å². The van der Waals surface area contributed by atoms with E-state index in [-0.39, 0.29) is 0 Å². The van der Waals surface area contributed by atoms with Crippen molar-refractivity contribution < 1.29 is 0 Å². The van der Waals surface area contributed by atoms with Gasteiger partial charge in [0.1, 0.15) is 0 Å². The van der Waals surface area contributed by atoms with Crippen molar-refractivity contribution in [3.05, 3.63) is 53.1 Å². The summed E-state index contributed by atoms with van der Waals surface area (Å²) in [6.45, 7) is 2.12. The first-order chi connectivity index (χ1) is 8.72. The molecule has 2 aromatic carbocycles. The molecule has 92 valence electrons. The summed E-state index contributed by atoms with van der Waals surface area (Å²) < 4.78 is 0. The minimum atomic E-state index is 0.839. The van der Waals surface area contributed by atoms with Crippen LogP contribution in [-0.2, 0) is 12.8 Å². The highest BCUT2D eigenvalue weighted by Gasteiger charge is 2.11. The molecule has 0 aliphatic heterocycles. The molecular weight excluding hydrogens is 238 g/mol. The Labute approximate surface area is 112 Å². The van der Waals surface area contributed by atoms with Crippen LogP contribution in [0.15, 0.2) is 46.2 Å². The minimum absolute atomic E-state index is 0.839. The van der Waals surface area contributed by atoms with E-state index in [9.17, 15) is 0 Å². The summed E-state index contributed by atoms with van der Waals surface area (Å²) in [4.78, 5) is 2.63. The highest BCUT2D eigenvalue weighted by atomic mass is 32.2. The molecule has 1 aliphatic carbocycles. The Balaban J connectivity index is 1.88. The van der Waals surface area contributed by atoms with Crippen LogP contribution in [0, 0.1) is 6.92 Å². The number of nitrogen functional groups attached to an aromatic ring is 1. The molecule has 0 saturated heterocycles. The Morgan fingerprint density at radius 2 is 1.83 bits per heavy atom. The molecule has 0 saturated carbocycles. The van der Waals surface area contributed by atoms with Crippen molar-refractivity contribution in [3.63, 3.8) is 0 Å². The highest BCUT2D eigenvalue weighted by Crippen LogP contribution is 2.34. The lowest BCUT2D eigenvalue weighted by atomic mass is 10.1. The maximum absolute atomic E-state index is 5.79. The molecule has 3 rings (SSSR count). The van der Waals surface area contributed by atoms with Crippen molar-refractivity contribution in [1.82, 2.24) is 0 Å². The standard InChI is InChI=1S/C16H17NS/c1-11-9-14(17)6-8-16(11)18-15-7-5-12-3-2-4-13(12)10-15/h5-10H,2-4,17H2,1H3. The molecule has 1 aliphatic rings. The third-order valence-corrected chi connectivity index (χ3v) is 4.66. The second kappa shape index (κ2) is 4.69. The molecule has 0 spiro atoms. The molecule has 0 radical (unpaired) electrons. The van der Waals surface area contributed by atoms with Gasteiger partial charge in [0, 0.05) is 15.5 Å². The summed E-state index contributed by atoms with van der Waals surface area (Å²) in [6, 6.07) is 13.0. The van der Waals surface area contributed by atoms with Gasteiger partial charge in [-0.05, 0) is 73.2 Å². The molecule has 2 N–H and O–H groups in total. The van der Waals surface area contributed by atoms with Crippen LogP contribution in [-0.4, -0.2) is 0 Å². The normalized spacial score (nSPS) is 13.6. The second-order valence-electron chi connectivity index (χ2n) is 4.91. The van der Waals surface area contributed by atoms with Crippen LogP contribution in [0.25, 0.3) is 0 Å². The number of hydrogen-bond acceptors (Lipinski definition) is 2. The number of anilines is 1. The Bertz CT molecular complexity index is 590. The predicted octanol–water partition coefficient (Wildman–Crippen LogP) is 4.22. The summed E-state index contributed by atoms with van der Waals surface area (Å²) in [5.74, 6) is 0. The third kappa shape index (κ3) is 2.25. The van der Waals surface area contributed by atoms with Gasteiger partial charge in [-0.1, -0.05) is 17.8 Å². The number of benzene rings is 2. The molecule has 18 heavy (non-hydrogen) atoms. The van der Waals surface area contributed by atoms with Crippen molar-refractivity contribution in [2.75, 3.05) is 5.73 Å². The van der Waals surface area contributed by atoms with Gasteiger partial charge in [0.2, 0.25) is 0 Å². The first-order valence-corrected chi connectivity index (χ1v) is 7.20. The molecule has 0 bridgehead atoms. The van der Waals surface area contributed by atoms with Crippen LogP contribution in [0.4, 0.5) is 5.69 Å². The van der Waals surface area contributed by atoms with Crippen LogP contribution in [0.3, 0.4) is 0 Å². The van der Waals surface area contributed by atoms with Crippen molar-refractivity contribution in [3.8, 4) is 0 Å². The number of fused-ring (bicyclic) bond motifs is 1. The van der Waals surface area contributed by atoms with Crippen LogP contribution in [0.5, 0.6) is 0 Å². The fourth-order valence-electron chi connectivity index (χ4n) is 2.53. The summed E-state index contributed by atoms with van der Waals surface area (Å²) in [6.07, 6.45) is 3.80. The molecule has 0 unspecified atom stereocenters. The summed E-state index contributed by atoms with van der Waals surface area (Å²) in [7, 11) is 0. The molecular formula is C16H17NS. The highest BCUT2D eigenvalue weighted by molar-refractivity contribution is 7.99. The SMILES string of the molecule is Cc1cc(N)ccc1Sc1ccc2c(c1)CCC2. The zero-order chi connectivity index (χ0) is 12.5. The van der Waals surface area contributed by atoms with Gasteiger partial charge in [-0.25, -0.2) is 0 Å². The average Bonchev–Trinajstić information content (AvgIpc) is 2.80. The molecule has 0 atom stereocenters. The number of hydrogen-bond donors (Lipinski definition) is 1. The lowest BCUT2D eigenvalue weighted by molar-refractivity contribution is 0.911. The van der Waals surface area contributed by atoms with Gasteiger partial charge < -0.3 is 5.73 Å². The van der Waals surface area contributed by atoms with Crippen molar-refractivity contribution >= 4 is 17.4 Å². The van der Waals surface area contributed by atoms with Gasteiger partial charge in [-0.3, -0.25) is 0 Å². The Morgan fingerprint density at radius 1 is 1.00 bits per heavy atom. The molecule has 0 amide bonds. The first-order valence-electron chi connectivity index (χ1n) is 6.38. The van der Waals surface area contributed by atoms with Gasteiger partial charge in [-0.2, -0.15) is 0 Å². The van der Waals surface area contributed by atoms with E-state index in [1.165, 1.54) is 45.7 Å². The average molecular weight is 255 g/mol. The van der Waals surface area contributed by atoms with Gasteiger partial charge in [0.05, 0.1) is 0 Å².